The Bertz CT molecular complexity index is 403. The molecule has 0 saturated heterocycles. The monoisotopic (exact) mass is 297 g/mol. The largest absolute Gasteiger partial charge is 0.345 e. The number of halogens is 1. The quantitative estimate of drug-likeness (QED) is 0.716. The number of hydrogen-bond donors (Lipinski definition) is 0. The van der Waals surface area contributed by atoms with Gasteiger partial charge in [0.25, 0.3) is 0 Å². The minimum absolute atomic E-state index is 0.292. The molecule has 0 aromatic rings. The van der Waals surface area contributed by atoms with Crippen LogP contribution in [0.5, 0.6) is 0 Å². The smallest absolute Gasteiger partial charge is 0.222 e. The lowest BCUT2D eigenvalue weighted by atomic mass is 9.40. The highest BCUT2D eigenvalue weighted by atomic mass is 35.5. The van der Waals surface area contributed by atoms with Crippen LogP contribution in [0.15, 0.2) is 0 Å². The zero-order chi connectivity index (χ0) is 14.6. The van der Waals surface area contributed by atoms with Crippen LogP contribution in [-0.4, -0.2) is 30.3 Å². The van der Waals surface area contributed by atoms with E-state index in [0.717, 1.165) is 12.3 Å². The van der Waals surface area contributed by atoms with Gasteiger partial charge in [0.1, 0.15) is 0 Å². The van der Waals surface area contributed by atoms with E-state index >= 15 is 0 Å². The summed E-state index contributed by atoms with van der Waals surface area (Å²) in [5.41, 5.74) is 1.29. The molecule has 0 aliphatic heterocycles. The van der Waals surface area contributed by atoms with E-state index in [4.69, 9.17) is 11.6 Å². The Kier molecular flexibility index (Phi) is 3.40. The molecule has 0 N–H and O–H groups in total. The Balaban J connectivity index is 1.77. The first kappa shape index (κ1) is 14.7. The topological polar surface area (TPSA) is 20.3 Å². The van der Waals surface area contributed by atoms with E-state index < -0.39 is 0 Å². The highest BCUT2D eigenvalue weighted by Crippen LogP contribution is 2.70. The van der Waals surface area contributed by atoms with Gasteiger partial charge in [-0.3, -0.25) is 4.79 Å². The van der Waals surface area contributed by atoms with E-state index in [1.54, 1.807) is 0 Å². The minimum atomic E-state index is 0.292. The van der Waals surface area contributed by atoms with Crippen LogP contribution >= 0.6 is 11.6 Å². The van der Waals surface area contributed by atoms with Crippen molar-refractivity contribution in [2.24, 2.45) is 22.2 Å². The maximum Gasteiger partial charge on any atom is 0.222 e. The standard InChI is InChI=1S/C17H28ClNO/c1-15-6-13-7-16(2,10-15)12-17(8-13,11-15)9-14(20)19(3)5-4-18/h13H,4-12H2,1-3H3. The Hall–Kier alpha value is -0.240. The molecule has 4 aliphatic carbocycles. The predicted octanol–water partition coefficient (Wildman–Crippen LogP) is 4.07. The molecule has 0 spiro atoms. The minimum Gasteiger partial charge on any atom is -0.345 e. The fraction of sp³-hybridized carbons (Fsp3) is 0.941. The van der Waals surface area contributed by atoms with Crippen LogP contribution in [0.4, 0.5) is 0 Å². The summed E-state index contributed by atoms with van der Waals surface area (Å²) < 4.78 is 0. The summed E-state index contributed by atoms with van der Waals surface area (Å²) in [6.45, 7) is 5.61. The van der Waals surface area contributed by atoms with Crippen LogP contribution in [0, 0.1) is 22.2 Å². The van der Waals surface area contributed by atoms with E-state index in [9.17, 15) is 4.79 Å². The Morgan fingerprint density at radius 1 is 1.15 bits per heavy atom. The average molecular weight is 298 g/mol. The van der Waals surface area contributed by atoms with Gasteiger partial charge in [-0.25, -0.2) is 0 Å². The first-order valence-corrected chi connectivity index (χ1v) is 8.61. The van der Waals surface area contributed by atoms with Gasteiger partial charge in [0.05, 0.1) is 0 Å². The third-order valence-corrected chi connectivity index (χ3v) is 6.28. The van der Waals surface area contributed by atoms with Gasteiger partial charge in [0.2, 0.25) is 5.91 Å². The van der Waals surface area contributed by atoms with Gasteiger partial charge in [-0.05, 0) is 60.7 Å². The molecule has 4 fully saturated rings. The number of rotatable bonds is 4. The lowest BCUT2D eigenvalue weighted by Crippen LogP contribution is -2.56. The first-order chi connectivity index (χ1) is 9.27. The number of hydrogen-bond acceptors (Lipinski definition) is 1. The lowest BCUT2D eigenvalue weighted by molar-refractivity contribution is -0.160. The molecule has 114 valence electrons. The third kappa shape index (κ3) is 2.49. The van der Waals surface area contributed by atoms with E-state index in [1.807, 2.05) is 11.9 Å². The second kappa shape index (κ2) is 4.63. The second-order valence-electron chi connectivity index (χ2n) is 8.81. The zero-order valence-electron chi connectivity index (χ0n) is 13.2. The van der Waals surface area contributed by atoms with Crippen molar-refractivity contribution in [1.82, 2.24) is 4.90 Å². The number of nitrogens with zero attached hydrogens (tertiary/aromatic N) is 1. The van der Waals surface area contributed by atoms with Crippen LogP contribution in [0.25, 0.3) is 0 Å². The molecular weight excluding hydrogens is 270 g/mol. The molecule has 0 aromatic carbocycles. The maximum absolute atomic E-state index is 12.5. The fourth-order valence-electron chi connectivity index (χ4n) is 6.59. The molecule has 0 heterocycles. The first-order valence-electron chi connectivity index (χ1n) is 8.07. The molecule has 4 saturated carbocycles. The molecule has 2 nitrogen and oxygen atoms in total. The van der Waals surface area contributed by atoms with Crippen molar-refractivity contribution in [2.45, 2.75) is 58.8 Å². The van der Waals surface area contributed by atoms with E-state index in [1.165, 1.54) is 38.5 Å². The van der Waals surface area contributed by atoms with Crippen molar-refractivity contribution in [3.8, 4) is 0 Å². The number of carbonyl (C=O) groups is 1. The highest BCUT2D eigenvalue weighted by Gasteiger charge is 2.60. The van der Waals surface area contributed by atoms with Crippen LogP contribution in [0.3, 0.4) is 0 Å². The molecule has 3 heteroatoms. The van der Waals surface area contributed by atoms with Crippen molar-refractivity contribution in [1.29, 1.82) is 0 Å². The lowest BCUT2D eigenvalue weighted by Gasteiger charge is -2.65. The number of carbonyl (C=O) groups excluding carboxylic acids is 1. The number of amides is 1. The normalized spacial score (nSPS) is 45.7. The maximum atomic E-state index is 12.5. The van der Waals surface area contributed by atoms with Crippen molar-refractivity contribution < 1.29 is 4.79 Å². The Labute approximate surface area is 128 Å². The van der Waals surface area contributed by atoms with Gasteiger partial charge >= 0.3 is 0 Å². The summed E-state index contributed by atoms with van der Waals surface area (Å²) in [6, 6.07) is 0. The van der Waals surface area contributed by atoms with Gasteiger partial charge < -0.3 is 4.90 Å². The summed E-state index contributed by atoms with van der Waals surface area (Å²) in [5.74, 6) is 1.71. The van der Waals surface area contributed by atoms with Crippen molar-refractivity contribution >= 4 is 17.5 Å². The van der Waals surface area contributed by atoms with Crippen LogP contribution < -0.4 is 0 Å². The van der Waals surface area contributed by atoms with Crippen molar-refractivity contribution in [3.63, 3.8) is 0 Å². The van der Waals surface area contributed by atoms with Crippen LogP contribution in [-0.2, 0) is 4.79 Å². The Morgan fingerprint density at radius 2 is 1.75 bits per heavy atom. The van der Waals surface area contributed by atoms with Crippen molar-refractivity contribution in [2.75, 3.05) is 19.5 Å². The molecule has 2 atom stereocenters. The second-order valence-corrected chi connectivity index (χ2v) is 9.19. The average Bonchev–Trinajstić information content (AvgIpc) is 2.23. The molecule has 2 unspecified atom stereocenters. The highest BCUT2D eigenvalue weighted by molar-refractivity contribution is 6.18. The molecular formula is C17H28ClNO. The summed E-state index contributed by atoms with van der Waals surface area (Å²) in [4.78, 5) is 14.3. The molecule has 20 heavy (non-hydrogen) atoms. The third-order valence-electron chi connectivity index (χ3n) is 6.11. The van der Waals surface area contributed by atoms with Crippen LogP contribution in [0.2, 0.25) is 0 Å². The van der Waals surface area contributed by atoms with Gasteiger partial charge in [-0.15, -0.1) is 11.6 Å². The van der Waals surface area contributed by atoms with E-state index in [0.29, 0.717) is 34.6 Å². The van der Waals surface area contributed by atoms with Gasteiger partial charge in [-0.1, -0.05) is 13.8 Å². The van der Waals surface area contributed by atoms with Gasteiger partial charge in [0, 0.05) is 25.9 Å². The SMILES string of the molecule is CN(CCCl)C(=O)CC12CC3CC(C)(CC(C)(C3)C1)C2. The van der Waals surface area contributed by atoms with Gasteiger partial charge in [-0.2, -0.15) is 0 Å². The summed E-state index contributed by atoms with van der Waals surface area (Å²) in [6.07, 6.45) is 8.76. The van der Waals surface area contributed by atoms with Gasteiger partial charge in [0.15, 0.2) is 0 Å². The Morgan fingerprint density at radius 3 is 2.25 bits per heavy atom. The van der Waals surface area contributed by atoms with E-state index in [2.05, 4.69) is 13.8 Å². The molecule has 4 rings (SSSR count). The van der Waals surface area contributed by atoms with E-state index in [-0.39, 0.29) is 0 Å². The molecule has 0 aromatic heterocycles. The summed E-state index contributed by atoms with van der Waals surface area (Å²) in [7, 11) is 1.90. The molecule has 4 aliphatic rings. The van der Waals surface area contributed by atoms with Crippen molar-refractivity contribution in [3.05, 3.63) is 0 Å². The molecule has 4 bridgehead atoms. The molecule has 1 amide bonds. The zero-order valence-corrected chi connectivity index (χ0v) is 13.9. The predicted molar refractivity (Wildman–Crippen MR) is 82.8 cm³/mol. The fourth-order valence-corrected chi connectivity index (χ4v) is 6.84. The van der Waals surface area contributed by atoms with Crippen LogP contribution in [0.1, 0.15) is 58.8 Å². The molecule has 0 radical (unpaired) electrons. The number of alkyl halides is 1. The summed E-state index contributed by atoms with van der Waals surface area (Å²) >= 11 is 5.77. The summed E-state index contributed by atoms with van der Waals surface area (Å²) in [5, 5.41) is 0.